The van der Waals surface area contributed by atoms with Crippen LogP contribution in [0.2, 0.25) is 0 Å². The van der Waals surface area contributed by atoms with Crippen molar-refractivity contribution in [2.45, 2.75) is 0 Å². The minimum atomic E-state index is -0.553. The highest BCUT2D eigenvalue weighted by Crippen LogP contribution is 2.19. The summed E-state index contributed by atoms with van der Waals surface area (Å²) in [4.78, 5) is 10.4. The van der Waals surface area contributed by atoms with E-state index in [1.165, 1.54) is 24.3 Å². The molecule has 68 valence electrons. The SMILES string of the molecule is NC(=O)C=Cc1cc(O)ccc1N. The zero-order valence-electron chi connectivity index (χ0n) is 6.90. The minimum Gasteiger partial charge on any atom is -0.508 e. The van der Waals surface area contributed by atoms with Gasteiger partial charge in [0.05, 0.1) is 0 Å². The highest BCUT2D eigenvalue weighted by atomic mass is 16.3. The van der Waals surface area contributed by atoms with Crippen molar-refractivity contribution >= 4 is 17.7 Å². The molecule has 0 radical (unpaired) electrons. The van der Waals surface area contributed by atoms with Crippen molar-refractivity contribution in [2.24, 2.45) is 5.73 Å². The summed E-state index contributed by atoms with van der Waals surface area (Å²) in [6.45, 7) is 0. The third kappa shape index (κ3) is 2.52. The van der Waals surface area contributed by atoms with Crippen LogP contribution in [-0.4, -0.2) is 11.0 Å². The van der Waals surface area contributed by atoms with Gasteiger partial charge in [-0.2, -0.15) is 0 Å². The van der Waals surface area contributed by atoms with Crippen LogP contribution >= 0.6 is 0 Å². The number of primary amides is 1. The van der Waals surface area contributed by atoms with Gasteiger partial charge in [0.25, 0.3) is 0 Å². The molecule has 1 aromatic rings. The van der Waals surface area contributed by atoms with Crippen molar-refractivity contribution in [1.82, 2.24) is 0 Å². The van der Waals surface area contributed by atoms with Crippen molar-refractivity contribution in [2.75, 3.05) is 5.73 Å². The van der Waals surface area contributed by atoms with Gasteiger partial charge in [0.15, 0.2) is 0 Å². The summed E-state index contributed by atoms with van der Waals surface area (Å²) in [7, 11) is 0. The second-order valence-corrected chi connectivity index (χ2v) is 2.55. The van der Waals surface area contributed by atoms with Gasteiger partial charge in [-0.15, -0.1) is 0 Å². The number of carbonyl (C=O) groups is 1. The van der Waals surface area contributed by atoms with Crippen molar-refractivity contribution < 1.29 is 9.90 Å². The smallest absolute Gasteiger partial charge is 0.241 e. The van der Waals surface area contributed by atoms with E-state index in [0.29, 0.717) is 11.3 Å². The molecule has 0 heterocycles. The molecule has 1 aromatic carbocycles. The van der Waals surface area contributed by atoms with Crippen LogP contribution in [0.1, 0.15) is 5.56 Å². The first-order chi connectivity index (χ1) is 6.09. The lowest BCUT2D eigenvalue weighted by Gasteiger charge is -1.99. The number of carbonyl (C=O) groups excluding carboxylic acids is 1. The summed E-state index contributed by atoms with van der Waals surface area (Å²) in [5.41, 5.74) is 11.5. The molecule has 4 nitrogen and oxygen atoms in total. The molecule has 13 heavy (non-hydrogen) atoms. The molecule has 1 rings (SSSR count). The Morgan fingerprint density at radius 1 is 1.46 bits per heavy atom. The number of hydrogen-bond acceptors (Lipinski definition) is 3. The van der Waals surface area contributed by atoms with Crippen molar-refractivity contribution in [3.63, 3.8) is 0 Å². The molecule has 0 atom stereocenters. The Hall–Kier alpha value is -1.97. The Balaban J connectivity index is 3.00. The number of anilines is 1. The van der Waals surface area contributed by atoms with Crippen LogP contribution in [-0.2, 0) is 4.79 Å². The number of nitrogens with two attached hydrogens (primary N) is 2. The highest BCUT2D eigenvalue weighted by Gasteiger charge is 1.96. The predicted octanol–water partition coefficient (Wildman–Crippen LogP) is 0.473. The average Bonchev–Trinajstić information content (AvgIpc) is 2.06. The van der Waals surface area contributed by atoms with Gasteiger partial charge in [-0.3, -0.25) is 4.79 Å². The van der Waals surface area contributed by atoms with Crippen LogP contribution in [0.5, 0.6) is 5.75 Å². The molecule has 5 N–H and O–H groups in total. The van der Waals surface area contributed by atoms with Gasteiger partial charge in [0.2, 0.25) is 5.91 Å². The number of hydrogen-bond donors (Lipinski definition) is 3. The van der Waals surface area contributed by atoms with E-state index in [0.717, 1.165) is 0 Å². The fourth-order valence-electron chi connectivity index (χ4n) is 0.878. The maximum Gasteiger partial charge on any atom is 0.241 e. The molecule has 0 bridgehead atoms. The van der Waals surface area contributed by atoms with Crippen LogP contribution in [0.4, 0.5) is 5.69 Å². The summed E-state index contributed by atoms with van der Waals surface area (Å²) in [5, 5.41) is 9.10. The number of phenolic OH excluding ortho intramolecular Hbond substituents is 1. The summed E-state index contributed by atoms with van der Waals surface area (Å²) in [6, 6.07) is 4.47. The van der Waals surface area contributed by atoms with Crippen LogP contribution in [0.3, 0.4) is 0 Å². The second kappa shape index (κ2) is 3.62. The Labute approximate surface area is 75.5 Å². The fourth-order valence-corrected chi connectivity index (χ4v) is 0.878. The van der Waals surface area contributed by atoms with E-state index >= 15 is 0 Å². The van der Waals surface area contributed by atoms with Crippen molar-refractivity contribution in [3.05, 3.63) is 29.8 Å². The number of benzene rings is 1. The van der Waals surface area contributed by atoms with E-state index < -0.39 is 5.91 Å². The molecule has 0 fully saturated rings. The van der Waals surface area contributed by atoms with Gasteiger partial charge in [-0.1, -0.05) is 0 Å². The normalized spacial score (nSPS) is 10.5. The lowest BCUT2D eigenvalue weighted by atomic mass is 10.1. The highest BCUT2D eigenvalue weighted by molar-refractivity contribution is 5.91. The molecule has 0 aliphatic carbocycles. The van der Waals surface area contributed by atoms with Crippen molar-refractivity contribution in [1.29, 1.82) is 0 Å². The lowest BCUT2D eigenvalue weighted by Crippen LogP contribution is -2.05. The number of phenols is 1. The zero-order valence-corrected chi connectivity index (χ0v) is 6.90. The van der Waals surface area contributed by atoms with Gasteiger partial charge in [0, 0.05) is 17.3 Å². The molecular formula is C9H10N2O2. The molecule has 0 saturated carbocycles. The first-order valence-corrected chi connectivity index (χ1v) is 3.65. The van der Waals surface area contributed by atoms with Gasteiger partial charge in [-0.25, -0.2) is 0 Å². The first kappa shape index (κ1) is 9.12. The van der Waals surface area contributed by atoms with Crippen LogP contribution in [0.25, 0.3) is 6.08 Å². The van der Waals surface area contributed by atoms with E-state index in [2.05, 4.69) is 0 Å². The monoisotopic (exact) mass is 178 g/mol. The largest absolute Gasteiger partial charge is 0.508 e. The predicted molar refractivity (Wildman–Crippen MR) is 50.7 cm³/mol. The number of rotatable bonds is 2. The molecule has 0 unspecified atom stereocenters. The van der Waals surface area contributed by atoms with Gasteiger partial charge in [-0.05, 0) is 24.3 Å². The Morgan fingerprint density at radius 2 is 2.15 bits per heavy atom. The number of nitrogen functional groups attached to an aromatic ring is 1. The maximum atomic E-state index is 10.4. The van der Waals surface area contributed by atoms with Crippen LogP contribution in [0, 0.1) is 0 Å². The third-order valence-electron chi connectivity index (χ3n) is 1.50. The third-order valence-corrected chi connectivity index (χ3v) is 1.50. The summed E-state index contributed by atoms with van der Waals surface area (Å²) >= 11 is 0. The summed E-state index contributed by atoms with van der Waals surface area (Å²) in [5.74, 6) is -0.457. The van der Waals surface area contributed by atoms with E-state index in [4.69, 9.17) is 16.6 Å². The molecule has 0 aromatic heterocycles. The lowest BCUT2D eigenvalue weighted by molar-refractivity contribution is -0.113. The molecule has 0 saturated heterocycles. The summed E-state index contributed by atoms with van der Waals surface area (Å²) in [6.07, 6.45) is 2.64. The molecule has 0 spiro atoms. The standard InChI is InChI=1S/C9H10N2O2/c10-8-3-2-7(12)5-6(8)1-4-9(11)13/h1-5,12H,10H2,(H2,11,13). The second-order valence-electron chi connectivity index (χ2n) is 2.55. The van der Waals surface area contributed by atoms with Gasteiger partial charge < -0.3 is 16.6 Å². The molecule has 1 amide bonds. The van der Waals surface area contributed by atoms with E-state index in [1.807, 2.05) is 0 Å². The first-order valence-electron chi connectivity index (χ1n) is 3.65. The topological polar surface area (TPSA) is 89.3 Å². The molecular weight excluding hydrogens is 168 g/mol. The van der Waals surface area contributed by atoms with Gasteiger partial charge in [0.1, 0.15) is 5.75 Å². The zero-order chi connectivity index (χ0) is 9.84. The van der Waals surface area contributed by atoms with Crippen molar-refractivity contribution in [3.8, 4) is 5.75 Å². The summed E-state index contributed by atoms with van der Waals surface area (Å²) < 4.78 is 0. The quantitative estimate of drug-likeness (QED) is 0.349. The minimum absolute atomic E-state index is 0.0957. The van der Waals surface area contributed by atoms with Gasteiger partial charge >= 0.3 is 0 Å². The Kier molecular flexibility index (Phi) is 2.54. The number of amides is 1. The number of aromatic hydroxyl groups is 1. The Bertz CT molecular complexity index is 359. The average molecular weight is 178 g/mol. The molecule has 0 aliphatic heterocycles. The van der Waals surface area contributed by atoms with E-state index in [-0.39, 0.29) is 5.75 Å². The molecule has 0 aliphatic rings. The van der Waals surface area contributed by atoms with Crippen LogP contribution < -0.4 is 11.5 Å². The molecule has 4 heteroatoms. The fraction of sp³-hybridized carbons (Fsp3) is 0. The van der Waals surface area contributed by atoms with E-state index in [9.17, 15) is 4.79 Å². The van der Waals surface area contributed by atoms with Crippen LogP contribution in [0.15, 0.2) is 24.3 Å². The van der Waals surface area contributed by atoms with E-state index in [1.54, 1.807) is 6.07 Å². The Morgan fingerprint density at radius 3 is 2.77 bits per heavy atom. The maximum absolute atomic E-state index is 10.4.